The maximum absolute atomic E-state index is 13.7. The van der Waals surface area contributed by atoms with Gasteiger partial charge in [0.2, 0.25) is 0 Å². The number of anilines is 4. The Hall–Kier alpha value is -19.2. The minimum atomic E-state index is -0.934. The highest BCUT2D eigenvalue weighted by Gasteiger charge is 2.21. The van der Waals surface area contributed by atoms with E-state index >= 15 is 0 Å². The van der Waals surface area contributed by atoms with Gasteiger partial charge in [0.15, 0.2) is 23.2 Å². The number of aromatic hydroxyl groups is 1. The molecule has 0 aliphatic heterocycles. The zero-order valence-corrected chi connectivity index (χ0v) is 77.9. The molecule has 0 radical (unpaired) electrons. The van der Waals surface area contributed by atoms with Crippen molar-refractivity contribution >= 4 is 69.5 Å². The smallest absolute Gasteiger partial charge is 0.165 e. The molecule has 700 valence electrons. The number of phenolic OH excluding ortho intramolecular Hbond substituents is 1. The molecule has 142 heavy (non-hydrogen) atoms. The van der Waals surface area contributed by atoms with Gasteiger partial charge < -0.3 is 57.9 Å². The molecule has 0 bridgehead atoms. The second kappa shape index (κ2) is 45.9. The molecular formula is C114H93F4N21O3. The highest BCUT2D eigenvalue weighted by atomic mass is 19.2. The van der Waals surface area contributed by atoms with Gasteiger partial charge in [-0.05, 0) is 199 Å². The van der Waals surface area contributed by atoms with E-state index in [4.69, 9.17) is 42.1 Å². The van der Waals surface area contributed by atoms with Crippen LogP contribution < -0.4 is 31.2 Å². The number of fused-ring (bicyclic) bond motifs is 2. The molecule has 0 aliphatic carbocycles. The number of nitrogens with zero attached hydrogens (tertiary/aromatic N) is 12. The number of hydrogen-bond acceptors (Lipinski definition) is 22. The van der Waals surface area contributed by atoms with E-state index in [1.165, 1.54) is 44.0 Å². The largest absolute Gasteiger partial charge is 0.508 e. The summed E-state index contributed by atoms with van der Waals surface area (Å²) >= 11 is 0. The lowest BCUT2D eigenvalue weighted by molar-refractivity contribution is 0.387. The summed E-state index contributed by atoms with van der Waals surface area (Å²) in [5.74, 6) is -1.22. The third-order valence-electron chi connectivity index (χ3n) is 23.0. The molecule has 24 nitrogen and oxygen atoms in total. The van der Waals surface area contributed by atoms with Crippen molar-refractivity contribution in [2.24, 2.45) is 7.05 Å². The molecular weight excluding hydrogens is 1790 g/mol. The number of aromatic amines is 1. The van der Waals surface area contributed by atoms with Gasteiger partial charge in [-0.1, -0.05) is 121 Å². The van der Waals surface area contributed by atoms with E-state index in [-0.39, 0.29) is 23.1 Å². The van der Waals surface area contributed by atoms with Crippen LogP contribution in [0.25, 0.3) is 156 Å². The summed E-state index contributed by atoms with van der Waals surface area (Å²) in [6.07, 6.45) is 22.3. The fraction of sp³-hybridized carbons (Fsp3) is 0.0614. The summed E-state index contributed by atoms with van der Waals surface area (Å²) in [5.41, 5.74) is 36.6. The number of halogens is 4. The van der Waals surface area contributed by atoms with E-state index in [0.717, 1.165) is 192 Å². The number of nitrogens with two attached hydrogens (primary N) is 1. The van der Waals surface area contributed by atoms with Gasteiger partial charge in [0, 0.05) is 220 Å². The Labute approximate surface area is 816 Å². The number of hydrogen-bond donors (Lipinski definition) is 10. The quantitative estimate of drug-likeness (QED) is 0.0236. The Balaban J connectivity index is 0.000000129. The van der Waals surface area contributed by atoms with E-state index in [9.17, 15) is 22.7 Å². The van der Waals surface area contributed by atoms with Crippen molar-refractivity contribution in [2.45, 2.75) is 6.92 Å². The van der Waals surface area contributed by atoms with Gasteiger partial charge >= 0.3 is 0 Å². The van der Waals surface area contributed by atoms with Crippen molar-refractivity contribution < 1.29 is 32.1 Å². The van der Waals surface area contributed by atoms with Crippen molar-refractivity contribution in [3.8, 4) is 158 Å². The molecule has 0 saturated carbocycles. The molecule has 0 unspecified atom stereocenters. The first-order valence-corrected chi connectivity index (χ1v) is 44.4. The molecule has 0 amide bonds. The number of methoxy groups -OCH3 is 2. The third-order valence-corrected chi connectivity index (χ3v) is 23.0. The highest BCUT2D eigenvalue weighted by molar-refractivity contribution is 5.96. The van der Waals surface area contributed by atoms with Crippen LogP contribution in [0.1, 0.15) is 33.5 Å². The van der Waals surface area contributed by atoms with Crippen LogP contribution in [0.3, 0.4) is 0 Å². The average molecular weight is 1880 g/mol. The van der Waals surface area contributed by atoms with Crippen LogP contribution in [0.2, 0.25) is 0 Å². The predicted molar refractivity (Wildman–Crippen MR) is 559 cm³/mol. The lowest BCUT2D eigenvalue weighted by Gasteiger charge is -2.12. The molecule has 0 aliphatic rings. The van der Waals surface area contributed by atoms with Crippen LogP contribution in [0, 0.1) is 63.2 Å². The zero-order chi connectivity index (χ0) is 99.7. The summed E-state index contributed by atoms with van der Waals surface area (Å²) in [4.78, 5) is 35.4. The van der Waals surface area contributed by atoms with Gasteiger partial charge in [-0.2, -0.15) is 15.5 Å². The first kappa shape index (κ1) is 97.4. The summed E-state index contributed by atoms with van der Waals surface area (Å²) in [7, 11) is 10.6. The number of benzene rings is 10. The molecule has 0 saturated heterocycles. The number of phenols is 1. The number of pyridine rings is 8. The normalized spacial score (nSPS) is 10.5. The third kappa shape index (κ3) is 22.6. The van der Waals surface area contributed by atoms with Gasteiger partial charge in [0.1, 0.15) is 28.5 Å². The second-order valence-electron chi connectivity index (χ2n) is 31.8. The molecule has 0 fully saturated rings. The average Bonchev–Trinajstić information content (AvgIpc) is 1.57. The van der Waals surface area contributed by atoms with Crippen molar-refractivity contribution in [1.82, 2.24) is 59.8 Å². The van der Waals surface area contributed by atoms with Gasteiger partial charge in [-0.15, -0.1) is 0 Å². The standard InChI is InChI=1S/C20H16FN3O.C20H16N4.C20H19N3O.C19H17N3O.C18H13FN4.C17H12F2N4/c1-24-18-10-13(5-6-15(18)12-23-24)16-4-3-9-22-20(16)14-7-8-17(21)19(11-14)25-2;1-23-19-11-15(7-8-17(19)13-22)18-6-3-9-24-20(18)16-5-2-4-14(10-16)12-21;1-22-19-12-14(8-9-16(19)13-21)18-7-4-10-23-20(18)15-5-3-6-17(11-15)24-2;1-21-18-11-13(7-8-15(18)12-20)17-6-3-9-22-19(17)14-4-2-5-16(23)10-14;1-11-7-12(4-5-15(11)19)18-14(3-2-6-20-18)13-8-16-17(21-9-13)10-22-23-16;18-13-4-3-10(6-14(13)19)17-12(2-1-5-22-17)11-7-15(21)16(8-20)23-9-11/h3-12H,1-2H3;2-11,13,22-23H,1H3;3-13,21-22H,1-2H3;2-12,20-21,23H,1H3;2-10H,1H3,(H,22,23);1-9,20H,21H2. The first-order valence-electron chi connectivity index (χ1n) is 44.4. The van der Waals surface area contributed by atoms with Crippen molar-refractivity contribution in [1.29, 1.82) is 26.9 Å². The Bertz CT molecular complexity index is 8060. The lowest BCUT2D eigenvalue weighted by atomic mass is 9.97. The van der Waals surface area contributed by atoms with E-state index in [0.29, 0.717) is 44.9 Å². The van der Waals surface area contributed by atoms with Crippen LogP contribution >= 0.6 is 0 Å². The number of aromatic nitrogens is 12. The van der Waals surface area contributed by atoms with Crippen molar-refractivity contribution in [2.75, 3.05) is 57.0 Å². The molecule has 20 aromatic rings. The minimum Gasteiger partial charge on any atom is -0.508 e. The molecule has 10 heterocycles. The van der Waals surface area contributed by atoms with Crippen LogP contribution in [-0.4, -0.2) is 125 Å². The number of aryl methyl sites for hydroxylation is 2. The van der Waals surface area contributed by atoms with Crippen LogP contribution in [0.5, 0.6) is 17.2 Å². The molecule has 20 rings (SSSR count). The fourth-order valence-corrected chi connectivity index (χ4v) is 15.9. The number of nitrogens with one attached hydrogen (secondary N) is 8. The molecule has 0 spiro atoms. The Morgan fingerprint density at radius 3 is 1.27 bits per heavy atom. The van der Waals surface area contributed by atoms with Crippen molar-refractivity contribution in [3.05, 3.63) is 404 Å². The number of nitriles is 1. The zero-order valence-electron chi connectivity index (χ0n) is 77.9. The number of ether oxygens (including phenoxy) is 2. The number of H-pyrrole nitrogens is 1. The second-order valence-corrected chi connectivity index (χ2v) is 31.8. The van der Waals surface area contributed by atoms with Crippen molar-refractivity contribution in [3.63, 3.8) is 0 Å². The Morgan fingerprint density at radius 1 is 0.387 bits per heavy atom. The lowest BCUT2D eigenvalue weighted by Crippen LogP contribution is -1.98. The fourth-order valence-electron chi connectivity index (χ4n) is 15.9. The summed E-state index contributed by atoms with van der Waals surface area (Å²) in [6, 6.07) is 88.8. The van der Waals surface area contributed by atoms with E-state index < -0.39 is 11.6 Å². The van der Waals surface area contributed by atoms with Crippen LogP contribution in [-0.2, 0) is 7.05 Å². The summed E-state index contributed by atoms with van der Waals surface area (Å²) < 4.78 is 66.2. The van der Waals surface area contributed by atoms with Gasteiger partial charge in [0.25, 0.3) is 0 Å². The highest BCUT2D eigenvalue weighted by Crippen LogP contribution is 2.41. The summed E-state index contributed by atoms with van der Waals surface area (Å²) in [5, 5.41) is 70.2. The van der Waals surface area contributed by atoms with Crippen LogP contribution in [0.4, 0.5) is 40.3 Å². The topological polar surface area (TPSA) is 370 Å². The molecule has 10 aromatic heterocycles. The molecule has 0 atom stereocenters. The van der Waals surface area contributed by atoms with E-state index in [1.54, 1.807) is 130 Å². The maximum Gasteiger partial charge on any atom is 0.165 e. The van der Waals surface area contributed by atoms with Crippen LogP contribution in [0.15, 0.2) is 347 Å². The molecule has 28 heteroatoms. The first-order chi connectivity index (χ1) is 69.2. The summed E-state index contributed by atoms with van der Waals surface area (Å²) in [6.45, 7) is 1.75. The molecule has 10 aromatic carbocycles. The number of nitrogen functional groups attached to an aromatic ring is 1. The van der Waals surface area contributed by atoms with E-state index in [1.807, 2.05) is 221 Å². The monoisotopic (exact) mass is 1880 g/mol. The van der Waals surface area contributed by atoms with Gasteiger partial charge in [-0.3, -0.25) is 49.7 Å². The SMILES string of the molecule is CNc1cc(-c2cccnc2-c2cccc(C#N)c2)ccc1C=N.CNc1cc(-c2cccnc2-c2cccc(O)c2)ccc1C=N.CNc1cc(-c2cccnc2-c2cccc(OC)c2)ccc1C=N.COc1cc(-c2ncccc2-c2ccc3cnn(C)c3c2)ccc1F.Cc1cc(-c2ncccc2-c2cnc3cn[nH]c3c2)ccc1F.N=Cc1ncc(-c2cccnc2-c2ccc(F)c(F)c2)cc1N. The van der Waals surface area contributed by atoms with E-state index in [2.05, 4.69) is 89.3 Å². The number of rotatable bonds is 21. The van der Waals surface area contributed by atoms with Gasteiger partial charge in [-0.25, -0.2) is 17.6 Å². The van der Waals surface area contributed by atoms with Gasteiger partial charge in [0.05, 0.1) is 89.1 Å². The maximum atomic E-state index is 13.7. The minimum absolute atomic E-state index is 0.205. The Kier molecular flexibility index (Phi) is 31.5. The predicted octanol–water partition coefficient (Wildman–Crippen LogP) is 25.2. The Morgan fingerprint density at radius 2 is 0.810 bits per heavy atom. The molecule has 11 N–H and O–H groups in total.